The molecule has 2 heterocycles. The van der Waals surface area contributed by atoms with Gasteiger partial charge in [0.2, 0.25) is 5.91 Å². The van der Waals surface area contributed by atoms with Crippen molar-refractivity contribution in [3.05, 3.63) is 108 Å². The van der Waals surface area contributed by atoms with Gasteiger partial charge in [-0.05, 0) is 70.1 Å². The Labute approximate surface area is 325 Å². The molecular weight excluding hydrogens is 724 g/mol. The van der Waals surface area contributed by atoms with Crippen molar-refractivity contribution >= 4 is 31.4 Å². The summed E-state index contributed by atoms with van der Waals surface area (Å²) in [5.41, 5.74) is 1.18. The average Bonchev–Trinajstić information content (AvgIpc) is 3.71. The molecule has 11 nitrogen and oxygen atoms in total. The molecule has 0 radical (unpaired) electrons. The van der Waals surface area contributed by atoms with Crippen molar-refractivity contribution in [1.82, 2.24) is 21.0 Å². The minimum atomic E-state index is -3.72. The molecule has 2 aliphatic heterocycles. The summed E-state index contributed by atoms with van der Waals surface area (Å²) in [7, 11) is -3.72. The quantitative estimate of drug-likeness (QED) is 0.0363. The lowest BCUT2D eigenvalue weighted by atomic mass is 9.79. The summed E-state index contributed by atoms with van der Waals surface area (Å²) in [6.07, 6.45) is 2.52. The Hall–Kier alpha value is -3.22. The minimum absolute atomic E-state index is 0.0220. The van der Waals surface area contributed by atoms with E-state index in [0.29, 0.717) is 44.3 Å². The van der Waals surface area contributed by atoms with Crippen molar-refractivity contribution in [2.45, 2.75) is 94.4 Å². The summed E-state index contributed by atoms with van der Waals surface area (Å²) in [5, 5.41) is 12.5. The number of benzene rings is 3. The highest BCUT2D eigenvalue weighted by molar-refractivity contribution is 8.00. The van der Waals surface area contributed by atoms with Crippen molar-refractivity contribution in [3.63, 3.8) is 0 Å². The number of carbonyl (C=O) groups is 2. The number of ether oxygens (including phenoxy) is 2. The van der Waals surface area contributed by atoms with Crippen molar-refractivity contribution in [3.8, 4) is 0 Å². The van der Waals surface area contributed by atoms with Gasteiger partial charge in [-0.15, -0.1) is 0 Å². The molecule has 0 bridgehead atoms. The normalized spacial score (nSPS) is 20.1. The van der Waals surface area contributed by atoms with Gasteiger partial charge < -0.3 is 25.4 Å². The summed E-state index contributed by atoms with van der Waals surface area (Å²) in [4.78, 5) is 24.9. The molecule has 2 saturated heterocycles. The lowest BCUT2D eigenvalue weighted by Gasteiger charge is -2.39. The highest BCUT2D eigenvalue weighted by Gasteiger charge is 2.43. The molecule has 0 aliphatic carbocycles. The van der Waals surface area contributed by atoms with Crippen LogP contribution in [0.2, 0.25) is 0 Å². The molecule has 13 heteroatoms. The van der Waals surface area contributed by atoms with Gasteiger partial charge >= 0.3 is 13.8 Å². The second kappa shape index (κ2) is 20.1. The predicted molar refractivity (Wildman–Crippen MR) is 215 cm³/mol. The lowest BCUT2D eigenvalue weighted by Crippen LogP contribution is -2.39. The number of carbonyl (C=O) groups excluding carboxylic acids is 2. The first-order valence-corrected chi connectivity index (χ1v) is 21.7. The molecule has 3 aromatic rings. The first kappa shape index (κ1) is 41.9. The standard InChI is InChI=1S/C41H57N4O7PS/c1-5-49-28-29-50-53(48,52-40(2,3)4)43-27-25-34(24-26-42-37(46)23-15-22-36-38-35(30-54-36)44-39(47)45-38)51-41(31-16-9-6-10-17-31,32-18-11-7-12-19-32)33-20-13-8-14-21-33/h6-14,16-21,34-36,38H,5,15,22-30H2,1-4H3,(H,42,46)(H,43,48)(H2,44,45,47). The number of rotatable bonds is 22. The van der Waals surface area contributed by atoms with Gasteiger partial charge in [-0.2, -0.15) is 11.8 Å². The summed E-state index contributed by atoms with van der Waals surface area (Å²) in [5.74, 6) is 0.871. The van der Waals surface area contributed by atoms with Crippen molar-refractivity contribution in [2.75, 3.05) is 38.7 Å². The van der Waals surface area contributed by atoms with Crippen LogP contribution in [-0.4, -0.2) is 79.6 Å². The van der Waals surface area contributed by atoms with Crippen LogP contribution in [0.3, 0.4) is 0 Å². The van der Waals surface area contributed by atoms with Crippen molar-refractivity contribution in [1.29, 1.82) is 0 Å². The Kier molecular flexibility index (Phi) is 15.6. The number of hydrogen-bond donors (Lipinski definition) is 4. The Morgan fingerprint density at radius 2 is 1.48 bits per heavy atom. The third-order valence-electron chi connectivity index (χ3n) is 9.36. The zero-order chi connectivity index (χ0) is 38.4. The van der Waals surface area contributed by atoms with Crippen LogP contribution < -0.4 is 21.0 Å². The number of fused-ring (bicyclic) bond motifs is 1. The van der Waals surface area contributed by atoms with E-state index in [9.17, 15) is 14.2 Å². The van der Waals surface area contributed by atoms with E-state index in [0.717, 1.165) is 35.3 Å². The van der Waals surface area contributed by atoms with Gasteiger partial charge in [0.15, 0.2) is 0 Å². The minimum Gasteiger partial charge on any atom is -0.379 e. The average molecular weight is 781 g/mol. The molecule has 2 aliphatic rings. The number of hydrogen-bond acceptors (Lipinski definition) is 8. The van der Waals surface area contributed by atoms with E-state index in [1.165, 1.54) is 0 Å². The first-order chi connectivity index (χ1) is 26.0. The van der Waals surface area contributed by atoms with Crippen LogP contribution in [-0.2, 0) is 33.5 Å². The van der Waals surface area contributed by atoms with Gasteiger partial charge in [0, 0.05) is 37.1 Å². The lowest BCUT2D eigenvalue weighted by molar-refractivity contribution is -0.121. The van der Waals surface area contributed by atoms with E-state index in [1.54, 1.807) is 0 Å². The monoisotopic (exact) mass is 780 g/mol. The highest BCUT2D eigenvalue weighted by atomic mass is 32.2. The van der Waals surface area contributed by atoms with E-state index in [4.69, 9.17) is 18.5 Å². The summed E-state index contributed by atoms with van der Waals surface area (Å²) >= 11 is 1.85. The molecular formula is C41H57N4O7PS. The van der Waals surface area contributed by atoms with E-state index < -0.39 is 25.1 Å². The second-order valence-electron chi connectivity index (χ2n) is 14.6. The molecule has 294 valence electrons. The van der Waals surface area contributed by atoms with E-state index in [2.05, 4.69) is 57.4 Å². The smallest absolute Gasteiger partial charge is 0.379 e. The van der Waals surface area contributed by atoms with Gasteiger partial charge in [-0.25, -0.2) is 14.4 Å². The fraction of sp³-hybridized carbons (Fsp3) is 0.512. The Bertz CT molecular complexity index is 1550. The number of nitrogens with one attached hydrogen (secondary N) is 4. The summed E-state index contributed by atoms with van der Waals surface area (Å²) in [6, 6.07) is 30.7. The molecule has 0 saturated carbocycles. The molecule has 5 unspecified atom stereocenters. The molecule has 2 fully saturated rings. The van der Waals surface area contributed by atoms with Crippen LogP contribution in [0.1, 0.15) is 76.5 Å². The van der Waals surface area contributed by atoms with Crippen LogP contribution in [0.25, 0.3) is 0 Å². The van der Waals surface area contributed by atoms with Gasteiger partial charge in [-0.3, -0.25) is 13.8 Å². The highest BCUT2D eigenvalue weighted by Crippen LogP contribution is 2.48. The molecule has 0 aromatic heterocycles. The maximum Gasteiger partial charge on any atom is 0.406 e. The largest absolute Gasteiger partial charge is 0.406 e. The van der Waals surface area contributed by atoms with Gasteiger partial charge in [-0.1, -0.05) is 91.0 Å². The van der Waals surface area contributed by atoms with Gasteiger partial charge in [0.05, 0.1) is 37.0 Å². The Morgan fingerprint density at radius 3 is 2.06 bits per heavy atom. The van der Waals surface area contributed by atoms with E-state index >= 15 is 0 Å². The zero-order valence-corrected chi connectivity index (χ0v) is 33.7. The number of amides is 3. The molecule has 54 heavy (non-hydrogen) atoms. The first-order valence-electron chi connectivity index (χ1n) is 19.1. The Morgan fingerprint density at radius 1 is 0.889 bits per heavy atom. The van der Waals surface area contributed by atoms with Crippen LogP contribution in [0.4, 0.5) is 4.79 Å². The maximum absolute atomic E-state index is 14.0. The number of urea groups is 1. The van der Waals surface area contributed by atoms with E-state index in [1.807, 2.05) is 94.1 Å². The topological polar surface area (TPSA) is 136 Å². The van der Waals surface area contributed by atoms with Crippen LogP contribution in [0.5, 0.6) is 0 Å². The molecule has 0 spiro atoms. The van der Waals surface area contributed by atoms with Gasteiger partial charge in [0.1, 0.15) is 5.60 Å². The number of thioether (sulfide) groups is 1. The third kappa shape index (κ3) is 11.9. The van der Waals surface area contributed by atoms with Gasteiger partial charge in [0.25, 0.3) is 0 Å². The van der Waals surface area contributed by atoms with Crippen LogP contribution in [0.15, 0.2) is 91.0 Å². The molecule has 3 amide bonds. The molecule has 5 atom stereocenters. The molecule has 4 N–H and O–H groups in total. The zero-order valence-electron chi connectivity index (χ0n) is 32.0. The SMILES string of the molecule is CCOCCOP(=O)(NCCC(CCNC(=O)CCCC1SCC2NC(=O)NC21)OC(c1ccccc1)(c1ccccc1)c1ccccc1)OC(C)(C)C. The third-order valence-corrected chi connectivity index (χ3v) is 12.8. The van der Waals surface area contributed by atoms with E-state index in [-0.39, 0.29) is 37.2 Å². The fourth-order valence-corrected chi connectivity index (χ4v) is 10.2. The second-order valence-corrected chi connectivity index (χ2v) is 17.6. The van der Waals surface area contributed by atoms with Crippen molar-refractivity contribution in [2.24, 2.45) is 0 Å². The van der Waals surface area contributed by atoms with Crippen molar-refractivity contribution < 1.29 is 32.7 Å². The molecule has 5 rings (SSSR count). The summed E-state index contributed by atoms with van der Waals surface area (Å²) in [6.45, 7) is 9.00. The molecule has 3 aromatic carbocycles. The van der Waals surface area contributed by atoms with Crippen LogP contribution in [0, 0.1) is 0 Å². The fourth-order valence-electron chi connectivity index (χ4n) is 6.99. The predicted octanol–water partition coefficient (Wildman–Crippen LogP) is 7.16. The van der Waals surface area contributed by atoms with Crippen LogP contribution >= 0.6 is 19.5 Å². The Balaban J connectivity index is 1.33. The maximum atomic E-state index is 14.0. The summed E-state index contributed by atoms with van der Waals surface area (Å²) < 4.78 is 38.5.